The molecule has 2 heterocycles. The number of benzene rings is 1. The first-order chi connectivity index (χ1) is 13.4. The Balaban J connectivity index is 1.79. The Kier molecular flexibility index (Phi) is 6.79. The summed E-state index contributed by atoms with van der Waals surface area (Å²) in [7, 11) is -3.02. The van der Waals surface area contributed by atoms with Crippen molar-refractivity contribution in [3.8, 4) is 0 Å². The van der Waals surface area contributed by atoms with Crippen LogP contribution in [0.25, 0.3) is 0 Å². The van der Waals surface area contributed by atoms with Gasteiger partial charge in [-0.25, -0.2) is 8.42 Å². The first-order valence-electron chi connectivity index (χ1n) is 9.57. The van der Waals surface area contributed by atoms with Gasteiger partial charge in [-0.15, -0.1) is 10.2 Å². The van der Waals surface area contributed by atoms with E-state index in [1.54, 1.807) is 0 Å². The van der Waals surface area contributed by atoms with Crippen molar-refractivity contribution in [2.45, 2.75) is 38.6 Å². The lowest BCUT2D eigenvalue weighted by Gasteiger charge is -2.33. The van der Waals surface area contributed by atoms with Crippen LogP contribution in [0.4, 0.5) is 5.13 Å². The van der Waals surface area contributed by atoms with Crippen molar-refractivity contribution >= 4 is 32.2 Å². The number of carbonyl (C=O) groups excluding carboxylic acids is 1. The Morgan fingerprint density at radius 3 is 2.39 bits per heavy atom. The van der Waals surface area contributed by atoms with E-state index in [4.69, 9.17) is 0 Å². The molecule has 0 bridgehead atoms. The van der Waals surface area contributed by atoms with Crippen LogP contribution >= 0.6 is 11.3 Å². The van der Waals surface area contributed by atoms with E-state index in [-0.39, 0.29) is 17.4 Å². The third-order valence-corrected chi connectivity index (χ3v) is 7.72. The highest BCUT2D eigenvalue weighted by molar-refractivity contribution is 7.91. The summed E-state index contributed by atoms with van der Waals surface area (Å²) in [5, 5.41) is 12.7. The van der Waals surface area contributed by atoms with Crippen LogP contribution in [0.3, 0.4) is 0 Å². The predicted molar refractivity (Wildman–Crippen MR) is 111 cm³/mol. The van der Waals surface area contributed by atoms with Crippen molar-refractivity contribution in [2.24, 2.45) is 0 Å². The molecule has 1 aromatic heterocycles. The second-order valence-corrected chi connectivity index (χ2v) is 10.3. The third kappa shape index (κ3) is 4.95. The molecule has 1 aliphatic heterocycles. The van der Waals surface area contributed by atoms with Crippen LogP contribution in [-0.2, 0) is 14.6 Å². The molecule has 9 heteroatoms. The molecule has 3 rings (SSSR count). The number of sulfone groups is 1. The fourth-order valence-corrected chi connectivity index (χ4v) is 5.65. The van der Waals surface area contributed by atoms with Gasteiger partial charge in [0.25, 0.3) is 0 Å². The maximum atomic E-state index is 13.1. The number of amides is 1. The summed E-state index contributed by atoms with van der Waals surface area (Å²) in [5.74, 6) is 0.279. The minimum absolute atomic E-state index is 0.0707. The number of carbonyl (C=O) groups is 1. The largest absolute Gasteiger partial charge is 0.299 e. The van der Waals surface area contributed by atoms with Gasteiger partial charge in [0.1, 0.15) is 11.0 Å². The van der Waals surface area contributed by atoms with Crippen molar-refractivity contribution in [3.63, 3.8) is 0 Å². The zero-order valence-electron chi connectivity index (χ0n) is 16.2. The molecule has 7 nitrogen and oxygen atoms in total. The number of aromatic nitrogens is 2. The molecule has 1 N–H and O–H groups in total. The molecule has 0 saturated carbocycles. The molecule has 0 radical (unpaired) electrons. The summed E-state index contributed by atoms with van der Waals surface area (Å²) in [5.41, 5.74) is 0.837. The molecule has 0 spiro atoms. The highest BCUT2D eigenvalue weighted by atomic mass is 32.2. The molecular formula is C19H26N4O3S2. The van der Waals surface area contributed by atoms with Gasteiger partial charge in [-0.3, -0.25) is 15.0 Å². The number of rotatable bonds is 7. The van der Waals surface area contributed by atoms with E-state index in [0.717, 1.165) is 23.4 Å². The zero-order chi connectivity index (χ0) is 20.1. The van der Waals surface area contributed by atoms with Gasteiger partial charge in [0.05, 0.1) is 11.5 Å². The van der Waals surface area contributed by atoms with E-state index in [1.165, 1.54) is 11.3 Å². The van der Waals surface area contributed by atoms with Gasteiger partial charge in [-0.2, -0.15) is 0 Å². The third-order valence-electron chi connectivity index (χ3n) is 5.11. The van der Waals surface area contributed by atoms with Gasteiger partial charge in [0, 0.05) is 19.0 Å². The Morgan fingerprint density at radius 2 is 1.79 bits per heavy atom. The Hall–Kier alpha value is -1.84. The SMILES string of the molecule is CCC(CC)c1nnc(NC(=O)C(c2ccccc2)N2CCS(=O)(=O)CC2)s1. The molecule has 1 aliphatic rings. The average Bonchev–Trinajstić information content (AvgIpc) is 3.13. The molecule has 1 fully saturated rings. The first-order valence-corrected chi connectivity index (χ1v) is 12.2. The summed E-state index contributed by atoms with van der Waals surface area (Å²) in [6, 6.07) is 8.88. The minimum Gasteiger partial charge on any atom is -0.299 e. The summed E-state index contributed by atoms with van der Waals surface area (Å²) >= 11 is 1.41. The minimum atomic E-state index is -3.02. The van der Waals surface area contributed by atoms with Gasteiger partial charge in [0.2, 0.25) is 11.0 Å². The molecular weight excluding hydrogens is 396 g/mol. The molecule has 28 heavy (non-hydrogen) atoms. The van der Waals surface area contributed by atoms with E-state index in [9.17, 15) is 13.2 Å². The average molecular weight is 423 g/mol. The number of hydrogen-bond donors (Lipinski definition) is 1. The number of anilines is 1. The van der Waals surface area contributed by atoms with E-state index in [0.29, 0.717) is 24.1 Å². The molecule has 1 saturated heterocycles. The van der Waals surface area contributed by atoms with Crippen LogP contribution in [0.1, 0.15) is 49.2 Å². The zero-order valence-corrected chi connectivity index (χ0v) is 17.8. The second-order valence-electron chi connectivity index (χ2n) is 6.95. The Labute approximate surface area is 170 Å². The van der Waals surface area contributed by atoms with Crippen LogP contribution in [0.2, 0.25) is 0 Å². The van der Waals surface area contributed by atoms with Crippen molar-refractivity contribution in [3.05, 3.63) is 40.9 Å². The van der Waals surface area contributed by atoms with Crippen LogP contribution in [-0.4, -0.2) is 54.0 Å². The highest BCUT2D eigenvalue weighted by Crippen LogP contribution is 2.30. The molecule has 2 aromatic rings. The Morgan fingerprint density at radius 1 is 1.14 bits per heavy atom. The van der Waals surface area contributed by atoms with Crippen molar-refractivity contribution in [2.75, 3.05) is 29.9 Å². The first kappa shape index (κ1) is 20.9. The second kappa shape index (κ2) is 9.11. The predicted octanol–water partition coefficient (Wildman–Crippen LogP) is 2.85. The van der Waals surface area contributed by atoms with E-state index < -0.39 is 15.9 Å². The fourth-order valence-electron chi connectivity index (χ4n) is 3.41. The number of nitrogens with one attached hydrogen (secondary N) is 1. The van der Waals surface area contributed by atoms with Gasteiger partial charge in [0.15, 0.2) is 9.84 Å². The standard InChI is InChI=1S/C19H26N4O3S2/c1-3-14(4-2)18-21-22-19(27-18)20-17(24)16(15-8-6-5-7-9-15)23-10-12-28(25,26)13-11-23/h5-9,14,16H,3-4,10-13H2,1-2H3,(H,20,22,24). The van der Waals surface area contributed by atoms with Crippen LogP contribution in [0.15, 0.2) is 30.3 Å². The van der Waals surface area contributed by atoms with Crippen LogP contribution < -0.4 is 5.32 Å². The molecule has 1 aromatic carbocycles. The summed E-state index contributed by atoms with van der Waals surface area (Å²) in [6.45, 7) is 4.90. The van der Waals surface area contributed by atoms with Crippen molar-refractivity contribution < 1.29 is 13.2 Å². The van der Waals surface area contributed by atoms with Gasteiger partial charge in [-0.1, -0.05) is 55.5 Å². The van der Waals surface area contributed by atoms with E-state index >= 15 is 0 Å². The van der Waals surface area contributed by atoms with Crippen LogP contribution in [0, 0.1) is 0 Å². The van der Waals surface area contributed by atoms with Gasteiger partial charge in [-0.05, 0) is 18.4 Å². The molecule has 152 valence electrons. The maximum Gasteiger partial charge on any atom is 0.248 e. The lowest BCUT2D eigenvalue weighted by Crippen LogP contribution is -2.46. The van der Waals surface area contributed by atoms with Crippen molar-refractivity contribution in [1.82, 2.24) is 15.1 Å². The molecule has 0 aliphatic carbocycles. The normalized spacial score (nSPS) is 18.1. The maximum absolute atomic E-state index is 13.1. The van der Waals surface area contributed by atoms with E-state index in [1.807, 2.05) is 35.2 Å². The Bertz CT molecular complexity index is 881. The van der Waals surface area contributed by atoms with Gasteiger partial charge >= 0.3 is 0 Å². The summed E-state index contributed by atoms with van der Waals surface area (Å²) < 4.78 is 23.6. The van der Waals surface area contributed by atoms with Crippen LogP contribution in [0.5, 0.6) is 0 Å². The number of hydrogen-bond acceptors (Lipinski definition) is 7. The fraction of sp³-hybridized carbons (Fsp3) is 0.526. The lowest BCUT2D eigenvalue weighted by molar-refractivity contribution is -0.121. The smallest absolute Gasteiger partial charge is 0.248 e. The molecule has 1 amide bonds. The monoisotopic (exact) mass is 422 g/mol. The lowest BCUT2D eigenvalue weighted by atomic mass is 10.0. The van der Waals surface area contributed by atoms with Gasteiger partial charge < -0.3 is 0 Å². The summed E-state index contributed by atoms with van der Waals surface area (Å²) in [6.07, 6.45) is 1.96. The topological polar surface area (TPSA) is 92.3 Å². The summed E-state index contributed by atoms with van der Waals surface area (Å²) in [4.78, 5) is 15.1. The van der Waals surface area contributed by atoms with Crippen molar-refractivity contribution in [1.29, 1.82) is 0 Å². The molecule has 1 atom stereocenters. The molecule has 1 unspecified atom stereocenters. The van der Waals surface area contributed by atoms with E-state index in [2.05, 4.69) is 29.4 Å². The highest BCUT2D eigenvalue weighted by Gasteiger charge is 2.33. The number of nitrogens with zero attached hydrogens (tertiary/aromatic N) is 3. The quantitative estimate of drug-likeness (QED) is 0.738.